The Labute approximate surface area is 103 Å². The van der Waals surface area contributed by atoms with E-state index in [-0.39, 0.29) is 0 Å². The lowest BCUT2D eigenvalue weighted by molar-refractivity contribution is -0.139. The Balaban J connectivity index is 2.51. The Morgan fingerprint density at radius 2 is 2.35 bits per heavy atom. The minimum Gasteiger partial charge on any atom is -0.479 e. The van der Waals surface area contributed by atoms with Gasteiger partial charge in [0.05, 0.1) is 6.61 Å². The number of amides is 2. The molecule has 0 aliphatic carbocycles. The lowest BCUT2D eigenvalue weighted by Gasteiger charge is -2.13. The monoisotopic (exact) mass is 258 g/mol. The summed E-state index contributed by atoms with van der Waals surface area (Å²) in [6.45, 7) is 0.712. The third kappa shape index (κ3) is 4.41. The number of hydrogen-bond acceptors (Lipinski definition) is 4. The van der Waals surface area contributed by atoms with Crippen molar-refractivity contribution in [3.05, 3.63) is 22.4 Å². The number of carboxylic acids is 1. The van der Waals surface area contributed by atoms with Gasteiger partial charge in [0.15, 0.2) is 6.04 Å². The van der Waals surface area contributed by atoms with Crippen LogP contribution in [-0.4, -0.2) is 37.4 Å². The van der Waals surface area contributed by atoms with Crippen molar-refractivity contribution in [1.29, 1.82) is 0 Å². The fourth-order valence-electron chi connectivity index (χ4n) is 1.16. The van der Waals surface area contributed by atoms with Crippen LogP contribution in [0.15, 0.2) is 17.5 Å². The summed E-state index contributed by atoms with van der Waals surface area (Å²) in [7, 11) is 1.52. The molecule has 1 unspecified atom stereocenters. The molecule has 1 aromatic rings. The topological polar surface area (TPSA) is 87.7 Å². The minimum atomic E-state index is -1.09. The Hall–Kier alpha value is -1.60. The van der Waals surface area contributed by atoms with E-state index in [0.717, 1.165) is 0 Å². The molecule has 1 rings (SSSR count). The molecule has 0 saturated carbocycles. The van der Waals surface area contributed by atoms with E-state index >= 15 is 0 Å². The van der Waals surface area contributed by atoms with E-state index in [4.69, 9.17) is 9.84 Å². The fraction of sp³-hybridized carbons (Fsp3) is 0.400. The summed E-state index contributed by atoms with van der Waals surface area (Å²) in [5.41, 5.74) is 0. The minimum absolute atomic E-state index is 0.332. The highest BCUT2D eigenvalue weighted by molar-refractivity contribution is 7.10. The zero-order valence-corrected chi connectivity index (χ0v) is 10.1. The Morgan fingerprint density at radius 3 is 2.88 bits per heavy atom. The van der Waals surface area contributed by atoms with Gasteiger partial charge in [0, 0.05) is 18.5 Å². The summed E-state index contributed by atoms with van der Waals surface area (Å²) in [4.78, 5) is 23.0. The van der Waals surface area contributed by atoms with Crippen LogP contribution in [0.3, 0.4) is 0 Å². The molecule has 0 fully saturated rings. The average molecular weight is 258 g/mol. The fourth-order valence-corrected chi connectivity index (χ4v) is 1.93. The van der Waals surface area contributed by atoms with Gasteiger partial charge in [0.1, 0.15) is 0 Å². The average Bonchev–Trinajstić information content (AvgIpc) is 2.79. The molecular formula is C10H14N2O4S. The number of carboxylic acid groups (broad SMARTS) is 1. The van der Waals surface area contributed by atoms with E-state index in [1.54, 1.807) is 17.5 Å². The van der Waals surface area contributed by atoms with Gasteiger partial charge >= 0.3 is 12.0 Å². The smallest absolute Gasteiger partial charge is 0.331 e. The van der Waals surface area contributed by atoms with Crippen LogP contribution < -0.4 is 10.6 Å². The molecule has 1 atom stereocenters. The standard InChI is InChI=1S/C10H14N2O4S/c1-16-5-4-11-10(15)12-8(9(13)14)7-3-2-6-17-7/h2-3,6,8H,4-5H2,1H3,(H,13,14)(H2,11,12,15). The zero-order chi connectivity index (χ0) is 12.7. The van der Waals surface area contributed by atoms with E-state index in [1.807, 2.05) is 0 Å². The highest BCUT2D eigenvalue weighted by Gasteiger charge is 2.22. The van der Waals surface area contributed by atoms with Gasteiger partial charge in [-0.25, -0.2) is 9.59 Å². The van der Waals surface area contributed by atoms with Crippen LogP contribution in [0.1, 0.15) is 10.9 Å². The van der Waals surface area contributed by atoms with Crippen molar-refractivity contribution in [2.24, 2.45) is 0 Å². The van der Waals surface area contributed by atoms with Gasteiger partial charge in [-0.3, -0.25) is 0 Å². The van der Waals surface area contributed by atoms with Crippen LogP contribution in [-0.2, 0) is 9.53 Å². The van der Waals surface area contributed by atoms with E-state index in [1.165, 1.54) is 18.4 Å². The highest BCUT2D eigenvalue weighted by Crippen LogP contribution is 2.18. The molecule has 0 saturated heterocycles. The predicted octanol–water partition coefficient (Wildman–Crippen LogP) is 0.819. The molecule has 0 radical (unpaired) electrons. The summed E-state index contributed by atoms with van der Waals surface area (Å²) in [5.74, 6) is -1.09. The summed E-state index contributed by atoms with van der Waals surface area (Å²) < 4.78 is 4.76. The molecule has 7 heteroatoms. The number of methoxy groups -OCH3 is 1. The Kier molecular flexibility index (Phi) is 5.44. The zero-order valence-electron chi connectivity index (χ0n) is 9.30. The number of carbonyl (C=O) groups excluding carboxylic acids is 1. The van der Waals surface area contributed by atoms with Crippen molar-refractivity contribution in [3.8, 4) is 0 Å². The number of thiophene rings is 1. The molecule has 1 heterocycles. The van der Waals surface area contributed by atoms with E-state index < -0.39 is 18.0 Å². The molecule has 94 valence electrons. The molecule has 0 aliphatic heterocycles. The molecule has 1 aromatic heterocycles. The van der Waals surface area contributed by atoms with Crippen LogP contribution in [0.5, 0.6) is 0 Å². The number of ether oxygens (including phenoxy) is 1. The third-order valence-corrected chi connectivity index (χ3v) is 2.88. The molecule has 0 aliphatic rings. The van der Waals surface area contributed by atoms with Crippen molar-refractivity contribution >= 4 is 23.3 Å². The lowest BCUT2D eigenvalue weighted by Crippen LogP contribution is -2.41. The van der Waals surface area contributed by atoms with Crippen LogP contribution in [0.25, 0.3) is 0 Å². The third-order valence-electron chi connectivity index (χ3n) is 1.94. The van der Waals surface area contributed by atoms with E-state index in [0.29, 0.717) is 18.0 Å². The van der Waals surface area contributed by atoms with Crippen molar-refractivity contribution in [3.63, 3.8) is 0 Å². The quantitative estimate of drug-likeness (QED) is 0.659. The molecule has 2 amide bonds. The van der Waals surface area contributed by atoms with E-state index in [2.05, 4.69) is 10.6 Å². The van der Waals surface area contributed by atoms with Crippen LogP contribution in [0.2, 0.25) is 0 Å². The molecule has 3 N–H and O–H groups in total. The molecule has 0 bridgehead atoms. The van der Waals surface area contributed by atoms with Crippen molar-refractivity contribution < 1.29 is 19.4 Å². The van der Waals surface area contributed by atoms with E-state index in [9.17, 15) is 9.59 Å². The molecule has 0 aromatic carbocycles. The normalized spacial score (nSPS) is 11.8. The SMILES string of the molecule is COCCNC(=O)NC(C(=O)O)c1cccs1. The van der Waals surface area contributed by atoms with Gasteiger partial charge in [0.25, 0.3) is 0 Å². The first-order valence-electron chi connectivity index (χ1n) is 4.94. The van der Waals surface area contributed by atoms with Crippen molar-refractivity contribution in [2.75, 3.05) is 20.3 Å². The van der Waals surface area contributed by atoms with Gasteiger partial charge in [-0.15, -0.1) is 11.3 Å². The van der Waals surface area contributed by atoms with Crippen LogP contribution >= 0.6 is 11.3 Å². The summed E-state index contributed by atoms with van der Waals surface area (Å²) in [6.07, 6.45) is 0. The Morgan fingerprint density at radius 1 is 1.59 bits per heavy atom. The second-order valence-electron chi connectivity index (χ2n) is 3.18. The molecule has 17 heavy (non-hydrogen) atoms. The van der Waals surface area contributed by atoms with Crippen molar-refractivity contribution in [1.82, 2.24) is 10.6 Å². The summed E-state index contributed by atoms with van der Waals surface area (Å²) >= 11 is 1.28. The maximum Gasteiger partial charge on any atom is 0.331 e. The van der Waals surface area contributed by atoms with Gasteiger partial charge in [-0.05, 0) is 11.4 Å². The summed E-state index contributed by atoms with van der Waals surface area (Å²) in [6, 6.07) is 1.86. The second-order valence-corrected chi connectivity index (χ2v) is 4.16. The number of rotatable bonds is 6. The van der Waals surface area contributed by atoms with Crippen LogP contribution in [0, 0.1) is 0 Å². The predicted molar refractivity (Wildman–Crippen MR) is 63.1 cm³/mol. The number of urea groups is 1. The number of carbonyl (C=O) groups is 2. The van der Waals surface area contributed by atoms with Gasteiger partial charge in [-0.1, -0.05) is 6.07 Å². The second kappa shape index (κ2) is 6.87. The molecule has 0 spiro atoms. The first kappa shape index (κ1) is 13.5. The van der Waals surface area contributed by atoms with Crippen molar-refractivity contribution in [2.45, 2.75) is 6.04 Å². The highest BCUT2D eigenvalue weighted by atomic mass is 32.1. The molecule has 6 nitrogen and oxygen atoms in total. The first-order chi connectivity index (χ1) is 8.15. The number of nitrogens with one attached hydrogen (secondary N) is 2. The summed E-state index contributed by atoms with van der Waals surface area (Å²) in [5, 5.41) is 15.6. The van der Waals surface area contributed by atoms with Crippen LogP contribution in [0.4, 0.5) is 4.79 Å². The first-order valence-corrected chi connectivity index (χ1v) is 5.82. The Bertz CT molecular complexity index is 366. The maximum absolute atomic E-state index is 11.4. The van der Waals surface area contributed by atoms with Gasteiger partial charge in [-0.2, -0.15) is 0 Å². The van der Waals surface area contributed by atoms with Gasteiger partial charge < -0.3 is 20.5 Å². The molecular weight excluding hydrogens is 244 g/mol. The lowest BCUT2D eigenvalue weighted by atomic mass is 10.2. The largest absolute Gasteiger partial charge is 0.479 e. The number of hydrogen-bond donors (Lipinski definition) is 3. The number of aliphatic carboxylic acids is 1. The van der Waals surface area contributed by atoms with Gasteiger partial charge in [0.2, 0.25) is 0 Å². The maximum atomic E-state index is 11.4.